The highest BCUT2D eigenvalue weighted by molar-refractivity contribution is 9.09. The van der Waals surface area contributed by atoms with Gasteiger partial charge < -0.3 is 0 Å². The monoisotopic (exact) mass is 316 g/mol. The van der Waals surface area contributed by atoms with Crippen LogP contribution in [0.15, 0.2) is 48.5 Å². The van der Waals surface area contributed by atoms with E-state index in [2.05, 4.69) is 78.3 Å². The first-order chi connectivity index (χ1) is 9.19. The Morgan fingerprint density at radius 2 is 1.47 bits per heavy atom. The molecule has 0 amide bonds. The summed E-state index contributed by atoms with van der Waals surface area (Å²) >= 11 is 3.80. The molecule has 0 aromatic heterocycles. The maximum Gasteiger partial charge on any atom is 0.0435 e. The second kappa shape index (κ2) is 6.91. The smallest absolute Gasteiger partial charge is 0.0435 e. The van der Waals surface area contributed by atoms with E-state index in [1.54, 1.807) is 0 Å². The van der Waals surface area contributed by atoms with E-state index < -0.39 is 0 Å². The van der Waals surface area contributed by atoms with Crippen molar-refractivity contribution in [3.63, 3.8) is 0 Å². The van der Waals surface area contributed by atoms with Gasteiger partial charge in [-0.05, 0) is 36.5 Å². The zero-order valence-electron chi connectivity index (χ0n) is 11.7. The van der Waals surface area contributed by atoms with Crippen molar-refractivity contribution in [1.82, 2.24) is 0 Å². The molecule has 0 heterocycles. The molecule has 0 bridgehead atoms. The number of benzene rings is 2. The first kappa shape index (κ1) is 14.3. The largest absolute Gasteiger partial charge is 0.0835 e. The predicted octanol–water partition coefficient (Wildman–Crippen LogP) is 5.63. The summed E-state index contributed by atoms with van der Waals surface area (Å²) in [4.78, 5) is 0.394. The third-order valence-corrected chi connectivity index (χ3v) is 4.27. The molecule has 2 aromatic rings. The van der Waals surface area contributed by atoms with Crippen LogP contribution in [0.2, 0.25) is 0 Å². The van der Waals surface area contributed by atoms with Gasteiger partial charge in [0, 0.05) is 4.83 Å². The fourth-order valence-corrected chi connectivity index (χ4v) is 2.91. The molecule has 2 rings (SSSR count). The Balaban J connectivity index is 2.02. The molecule has 19 heavy (non-hydrogen) atoms. The number of halogens is 1. The van der Waals surface area contributed by atoms with E-state index in [9.17, 15) is 0 Å². The van der Waals surface area contributed by atoms with Crippen molar-refractivity contribution in [1.29, 1.82) is 0 Å². The van der Waals surface area contributed by atoms with Crippen LogP contribution in [0.3, 0.4) is 0 Å². The van der Waals surface area contributed by atoms with Gasteiger partial charge in [0.2, 0.25) is 0 Å². The maximum absolute atomic E-state index is 3.80. The van der Waals surface area contributed by atoms with E-state index in [1.807, 2.05) is 0 Å². The van der Waals surface area contributed by atoms with Gasteiger partial charge in [0.05, 0.1) is 0 Å². The first-order valence-corrected chi connectivity index (χ1v) is 7.89. The summed E-state index contributed by atoms with van der Waals surface area (Å²) in [6.07, 6.45) is 3.42. The molecular formula is C18H21Br. The summed E-state index contributed by atoms with van der Waals surface area (Å²) in [5.74, 6) is 0. The van der Waals surface area contributed by atoms with Crippen LogP contribution in [0, 0.1) is 6.92 Å². The lowest BCUT2D eigenvalue weighted by molar-refractivity contribution is 0.912. The fraction of sp³-hybridized carbons (Fsp3) is 0.333. The molecule has 0 spiro atoms. The predicted molar refractivity (Wildman–Crippen MR) is 87.0 cm³/mol. The fourth-order valence-electron chi connectivity index (χ4n) is 2.23. The minimum atomic E-state index is 0.394. The summed E-state index contributed by atoms with van der Waals surface area (Å²) in [6.45, 7) is 4.35. The minimum absolute atomic E-state index is 0.394. The molecule has 0 saturated heterocycles. The summed E-state index contributed by atoms with van der Waals surface area (Å²) in [7, 11) is 0. The SMILES string of the molecule is CCCc1ccc(C(Br)Cc2ccc(C)cc2)cc1. The van der Waals surface area contributed by atoms with Crippen LogP contribution in [-0.4, -0.2) is 0 Å². The topological polar surface area (TPSA) is 0 Å². The Hall–Kier alpha value is -1.08. The number of rotatable bonds is 5. The van der Waals surface area contributed by atoms with Crippen LogP contribution in [0.4, 0.5) is 0 Å². The van der Waals surface area contributed by atoms with Gasteiger partial charge in [-0.1, -0.05) is 83.4 Å². The Kier molecular flexibility index (Phi) is 5.21. The van der Waals surface area contributed by atoms with Gasteiger partial charge in [-0.15, -0.1) is 0 Å². The average Bonchev–Trinajstić information content (AvgIpc) is 2.42. The lowest BCUT2D eigenvalue weighted by Gasteiger charge is -2.11. The van der Waals surface area contributed by atoms with Crippen LogP contribution in [0.25, 0.3) is 0 Å². The van der Waals surface area contributed by atoms with Gasteiger partial charge >= 0.3 is 0 Å². The van der Waals surface area contributed by atoms with Gasteiger partial charge in [-0.25, -0.2) is 0 Å². The maximum atomic E-state index is 3.80. The number of hydrogen-bond donors (Lipinski definition) is 0. The van der Waals surface area contributed by atoms with Crippen molar-refractivity contribution in [3.05, 3.63) is 70.8 Å². The molecule has 0 nitrogen and oxygen atoms in total. The number of hydrogen-bond acceptors (Lipinski definition) is 0. The normalized spacial score (nSPS) is 12.4. The summed E-state index contributed by atoms with van der Waals surface area (Å²) in [6, 6.07) is 17.8. The molecule has 0 fully saturated rings. The molecule has 0 radical (unpaired) electrons. The molecule has 2 aromatic carbocycles. The molecule has 0 aliphatic rings. The van der Waals surface area contributed by atoms with Gasteiger partial charge in [0.15, 0.2) is 0 Å². The lowest BCUT2D eigenvalue weighted by atomic mass is 10.0. The molecular weight excluding hydrogens is 296 g/mol. The zero-order chi connectivity index (χ0) is 13.7. The molecule has 0 aliphatic carbocycles. The van der Waals surface area contributed by atoms with E-state index in [0.717, 1.165) is 6.42 Å². The number of aryl methyl sites for hydroxylation is 2. The van der Waals surface area contributed by atoms with Gasteiger partial charge in [-0.3, -0.25) is 0 Å². The minimum Gasteiger partial charge on any atom is -0.0835 e. The molecule has 1 heteroatoms. The molecule has 1 atom stereocenters. The number of alkyl halides is 1. The van der Waals surface area contributed by atoms with Crippen LogP contribution in [0.1, 0.15) is 40.4 Å². The molecule has 100 valence electrons. The van der Waals surface area contributed by atoms with Crippen LogP contribution in [-0.2, 0) is 12.8 Å². The van der Waals surface area contributed by atoms with Crippen molar-refractivity contribution in [2.45, 2.75) is 37.9 Å². The van der Waals surface area contributed by atoms with Crippen molar-refractivity contribution in [3.8, 4) is 0 Å². The van der Waals surface area contributed by atoms with Crippen LogP contribution >= 0.6 is 15.9 Å². The van der Waals surface area contributed by atoms with Crippen LogP contribution < -0.4 is 0 Å². The van der Waals surface area contributed by atoms with Gasteiger partial charge in [-0.2, -0.15) is 0 Å². The molecule has 1 unspecified atom stereocenters. The third-order valence-electron chi connectivity index (χ3n) is 3.42. The highest BCUT2D eigenvalue weighted by Gasteiger charge is 2.08. The third kappa shape index (κ3) is 4.21. The second-order valence-corrected chi connectivity index (χ2v) is 6.25. The van der Waals surface area contributed by atoms with Crippen molar-refractivity contribution >= 4 is 15.9 Å². The van der Waals surface area contributed by atoms with E-state index >= 15 is 0 Å². The Morgan fingerprint density at radius 3 is 2.05 bits per heavy atom. The van der Waals surface area contributed by atoms with Gasteiger partial charge in [0.25, 0.3) is 0 Å². The van der Waals surface area contributed by atoms with Crippen molar-refractivity contribution < 1.29 is 0 Å². The molecule has 0 aliphatic heterocycles. The van der Waals surface area contributed by atoms with E-state index in [1.165, 1.54) is 35.1 Å². The zero-order valence-corrected chi connectivity index (χ0v) is 13.3. The summed E-state index contributed by atoms with van der Waals surface area (Å²) in [5.41, 5.74) is 5.49. The van der Waals surface area contributed by atoms with Crippen molar-refractivity contribution in [2.75, 3.05) is 0 Å². The van der Waals surface area contributed by atoms with Crippen LogP contribution in [0.5, 0.6) is 0 Å². The Bertz CT molecular complexity index is 496. The summed E-state index contributed by atoms with van der Waals surface area (Å²) < 4.78 is 0. The quantitative estimate of drug-likeness (QED) is 0.627. The Morgan fingerprint density at radius 1 is 0.895 bits per heavy atom. The summed E-state index contributed by atoms with van der Waals surface area (Å²) in [5, 5.41) is 0. The van der Waals surface area contributed by atoms with Crippen molar-refractivity contribution in [2.24, 2.45) is 0 Å². The molecule has 0 saturated carbocycles. The molecule has 0 N–H and O–H groups in total. The second-order valence-electron chi connectivity index (χ2n) is 5.15. The highest BCUT2D eigenvalue weighted by atomic mass is 79.9. The average molecular weight is 317 g/mol. The highest BCUT2D eigenvalue weighted by Crippen LogP contribution is 2.27. The first-order valence-electron chi connectivity index (χ1n) is 6.97. The van der Waals surface area contributed by atoms with E-state index in [0.29, 0.717) is 4.83 Å². The van der Waals surface area contributed by atoms with E-state index in [4.69, 9.17) is 0 Å². The Labute approximate surface area is 125 Å². The van der Waals surface area contributed by atoms with E-state index in [-0.39, 0.29) is 0 Å². The lowest BCUT2D eigenvalue weighted by Crippen LogP contribution is -1.96. The van der Waals surface area contributed by atoms with Gasteiger partial charge in [0.1, 0.15) is 0 Å². The standard InChI is InChI=1S/C18H21Br/c1-3-4-15-9-11-17(12-10-15)18(19)13-16-7-5-14(2)6-8-16/h5-12,18H,3-4,13H2,1-2H3.